The topological polar surface area (TPSA) is 112 Å². The van der Waals surface area contributed by atoms with Gasteiger partial charge in [-0.1, -0.05) is 40.5 Å². The van der Waals surface area contributed by atoms with E-state index in [1.54, 1.807) is 12.1 Å². The molecule has 0 radical (unpaired) electrons. The maximum Gasteiger partial charge on any atom is 0.261 e. The number of fused-ring (bicyclic) bond motifs is 1. The summed E-state index contributed by atoms with van der Waals surface area (Å²) in [6.07, 6.45) is 4.34. The van der Waals surface area contributed by atoms with E-state index in [0.29, 0.717) is 28.3 Å². The number of nitrogens with one attached hydrogen (secondary N) is 2. The lowest BCUT2D eigenvalue weighted by atomic mass is 10.0. The number of amides is 2. The van der Waals surface area contributed by atoms with Gasteiger partial charge in [-0.3, -0.25) is 19.0 Å². The molecule has 1 unspecified atom stereocenters. The van der Waals surface area contributed by atoms with Crippen molar-refractivity contribution in [3.8, 4) is 11.5 Å². The van der Waals surface area contributed by atoms with E-state index >= 15 is 0 Å². The van der Waals surface area contributed by atoms with Gasteiger partial charge >= 0.3 is 0 Å². The van der Waals surface area contributed by atoms with Crippen LogP contribution < -0.4 is 25.7 Å². The standard InChI is InChI=1S/C25H38N4O5/c1-15(2)9-8-10-17(5)27-24(31)23(16(3)4)28-22(30)13-29-14-26-19-12-21(34-7)20(33-6)11-18(19)25(29)32/h11-12,14-17,23H,8-10,13H2,1-7H3,(H,27,31)(H,28,30)/t17?,23-/m0/s1. The second-order valence-electron chi connectivity index (χ2n) is 9.43. The Morgan fingerprint density at radius 1 is 1.00 bits per heavy atom. The van der Waals surface area contributed by atoms with E-state index in [1.165, 1.54) is 25.1 Å². The van der Waals surface area contributed by atoms with Crippen LogP contribution in [0.3, 0.4) is 0 Å². The maximum atomic E-state index is 12.9. The van der Waals surface area contributed by atoms with Gasteiger partial charge in [0.2, 0.25) is 11.8 Å². The zero-order valence-corrected chi connectivity index (χ0v) is 21.3. The quantitative estimate of drug-likeness (QED) is 0.489. The van der Waals surface area contributed by atoms with Crippen LogP contribution in [0.4, 0.5) is 0 Å². The SMILES string of the molecule is COc1cc2ncn(CC(=O)N[C@H](C(=O)NC(C)CCCC(C)C)C(C)C)c(=O)c2cc1OC. The van der Waals surface area contributed by atoms with Crippen molar-refractivity contribution in [2.75, 3.05) is 14.2 Å². The largest absolute Gasteiger partial charge is 0.493 e. The number of ether oxygens (including phenoxy) is 2. The van der Waals surface area contributed by atoms with Crippen LogP contribution in [0.1, 0.15) is 53.9 Å². The molecule has 0 saturated heterocycles. The molecule has 1 aromatic carbocycles. The second-order valence-corrected chi connectivity index (χ2v) is 9.43. The van der Waals surface area contributed by atoms with E-state index in [9.17, 15) is 14.4 Å². The lowest BCUT2D eigenvalue weighted by molar-refractivity contribution is -0.130. The average molecular weight is 475 g/mol. The van der Waals surface area contributed by atoms with Crippen LogP contribution in [0.15, 0.2) is 23.3 Å². The van der Waals surface area contributed by atoms with Crippen molar-refractivity contribution in [1.29, 1.82) is 0 Å². The molecule has 2 amide bonds. The Morgan fingerprint density at radius 2 is 1.65 bits per heavy atom. The van der Waals surface area contributed by atoms with E-state index in [-0.39, 0.29) is 30.0 Å². The Balaban J connectivity index is 2.10. The normalized spacial score (nSPS) is 13.1. The molecular weight excluding hydrogens is 436 g/mol. The third kappa shape index (κ3) is 7.20. The molecule has 2 N–H and O–H groups in total. The Kier molecular flexibility index (Phi) is 9.89. The first-order valence-corrected chi connectivity index (χ1v) is 11.8. The van der Waals surface area contributed by atoms with E-state index in [1.807, 2.05) is 20.8 Å². The number of rotatable bonds is 12. The van der Waals surface area contributed by atoms with Gasteiger partial charge in [0.05, 0.1) is 31.4 Å². The zero-order valence-electron chi connectivity index (χ0n) is 21.3. The van der Waals surface area contributed by atoms with Gasteiger partial charge in [-0.15, -0.1) is 0 Å². The fourth-order valence-electron chi connectivity index (χ4n) is 3.74. The number of methoxy groups -OCH3 is 2. The minimum atomic E-state index is -0.700. The minimum absolute atomic E-state index is 0.0173. The first kappa shape index (κ1) is 27.1. The minimum Gasteiger partial charge on any atom is -0.493 e. The first-order chi connectivity index (χ1) is 16.1. The Morgan fingerprint density at radius 3 is 2.24 bits per heavy atom. The molecule has 0 aliphatic heterocycles. The van der Waals surface area contributed by atoms with Crippen molar-refractivity contribution in [3.63, 3.8) is 0 Å². The summed E-state index contributed by atoms with van der Waals surface area (Å²) < 4.78 is 11.7. The molecule has 2 atom stereocenters. The second kappa shape index (κ2) is 12.4. The van der Waals surface area contributed by atoms with E-state index < -0.39 is 11.9 Å². The van der Waals surface area contributed by atoms with Crippen molar-refractivity contribution in [2.24, 2.45) is 11.8 Å². The molecule has 0 saturated carbocycles. The summed E-state index contributed by atoms with van der Waals surface area (Å²) in [6.45, 7) is 9.82. The highest BCUT2D eigenvalue weighted by molar-refractivity contribution is 5.88. The summed E-state index contributed by atoms with van der Waals surface area (Å²) in [5.74, 6) is 0.708. The monoisotopic (exact) mass is 474 g/mol. The van der Waals surface area contributed by atoms with Crippen LogP contribution in [0, 0.1) is 11.8 Å². The van der Waals surface area contributed by atoms with Gasteiger partial charge in [0, 0.05) is 12.1 Å². The van der Waals surface area contributed by atoms with Crippen LogP contribution in [0.5, 0.6) is 11.5 Å². The molecule has 0 fully saturated rings. The number of carbonyl (C=O) groups is 2. The van der Waals surface area contributed by atoms with Gasteiger partial charge in [-0.2, -0.15) is 0 Å². The molecule has 2 rings (SSSR count). The number of benzene rings is 1. The first-order valence-electron chi connectivity index (χ1n) is 11.8. The molecule has 0 bridgehead atoms. The highest BCUT2D eigenvalue weighted by atomic mass is 16.5. The van der Waals surface area contributed by atoms with Crippen LogP contribution >= 0.6 is 0 Å². The molecule has 2 aromatic rings. The number of aromatic nitrogens is 2. The van der Waals surface area contributed by atoms with E-state index in [4.69, 9.17) is 9.47 Å². The summed E-state index contributed by atoms with van der Waals surface area (Å²) in [4.78, 5) is 42.8. The van der Waals surface area contributed by atoms with Crippen molar-refractivity contribution in [1.82, 2.24) is 20.2 Å². The van der Waals surface area contributed by atoms with Gasteiger partial charge in [0.1, 0.15) is 12.6 Å². The third-order valence-electron chi connectivity index (χ3n) is 5.72. The number of carbonyl (C=O) groups excluding carboxylic acids is 2. The van der Waals surface area contributed by atoms with Crippen LogP contribution in [-0.2, 0) is 16.1 Å². The van der Waals surface area contributed by atoms with Crippen LogP contribution in [-0.4, -0.2) is 47.7 Å². The van der Waals surface area contributed by atoms with Gasteiger partial charge in [0.25, 0.3) is 5.56 Å². The number of hydrogen-bond acceptors (Lipinski definition) is 6. The average Bonchev–Trinajstić information content (AvgIpc) is 2.77. The van der Waals surface area contributed by atoms with Crippen molar-refractivity contribution < 1.29 is 19.1 Å². The van der Waals surface area contributed by atoms with E-state index in [2.05, 4.69) is 29.5 Å². The highest BCUT2D eigenvalue weighted by Crippen LogP contribution is 2.29. The molecule has 0 aliphatic rings. The maximum absolute atomic E-state index is 12.9. The summed E-state index contributed by atoms with van der Waals surface area (Å²) in [6, 6.07) is 2.47. The highest BCUT2D eigenvalue weighted by Gasteiger charge is 2.25. The Hall–Kier alpha value is -3.10. The molecular formula is C25H38N4O5. The zero-order chi connectivity index (χ0) is 25.4. The Labute approximate surface area is 201 Å². The van der Waals surface area contributed by atoms with Crippen LogP contribution in [0.2, 0.25) is 0 Å². The van der Waals surface area contributed by atoms with Gasteiger partial charge in [-0.05, 0) is 31.2 Å². The molecule has 1 aromatic heterocycles. The molecule has 0 aliphatic carbocycles. The van der Waals surface area contributed by atoms with Crippen molar-refractivity contribution in [3.05, 3.63) is 28.8 Å². The summed E-state index contributed by atoms with van der Waals surface area (Å²) in [5, 5.41) is 6.09. The van der Waals surface area contributed by atoms with Gasteiger partial charge < -0.3 is 20.1 Å². The predicted molar refractivity (Wildman–Crippen MR) is 132 cm³/mol. The fraction of sp³-hybridized carbons (Fsp3) is 0.600. The Bertz CT molecular complexity index is 1050. The summed E-state index contributed by atoms with van der Waals surface area (Å²) in [5.41, 5.74) is 0.0515. The molecule has 9 nitrogen and oxygen atoms in total. The van der Waals surface area contributed by atoms with Crippen molar-refractivity contribution in [2.45, 2.75) is 72.5 Å². The summed E-state index contributed by atoms with van der Waals surface area (Å²) >= 11 is 0. The molecule has 9 heteroatoms. The molecule has 1 heterocycles. The number of nitrogens with zero attached hydrogens (tertiary/aromatic N) is 2. The molecule has 188 valence electrons. The van der Waals surface area contributed by atoms with Gasteiger partial charge in [-0.25, -0.2) is 4.98 Å². The fourth-order valence-corrected chi connectivity index (χ4v) is 3.74. The lowest BCUT2D eigenvalue weighted by Crippen LogP contribution is -2.52. The molecule has 34 heavy (non-hydrogen) atoms. The smallest absolute Gasteiger partial charge is 0.261 e. The summed E-state index contributed by atoms with van der Waals surface area (Å²) in [7, 11) is 2.98. The predicted octanol–water partition coefficient (Wildman–Crippen LogP) is 2.89. The lowest BCUT2D eigenvalue weighted by Gasteiger charge is -2.24. The van der Waals surface area contributed by atoms with Gasteiger partial charge in [0.15, 0.2) is 11.5 Å². The van der Waals surface area contributed by atoms with Crippen LogP contribution in [0.25, 0.3) is 10.9 Å². The molecule has 0 spiro atoms. The third-order valence-corrected chi connectivity index (χ3v) is 5.72. The number of hydrogen-bond donors (Lipinski definition) is 2. The van der Waals surface area contributed by atoms with Crippen molar-refractivity contribution >= 4 is 22.7 Å². The van der Waals surface area contributed by atoms with E-state index in [0.717, 1.165) is 19.3 Å².